The molecule has 0 heterocycles. The molecule has 23 heavy (non-hydrogen) atoms. The minimum Gasteiger partial charge on any atom is -0.338 e. The Bertz CT molecular complexity index is 403. The molecule has 0 aromatic heterocycles. The van der Waals surface area contributed by atoms with Crippen LogP contribution >= 0.6 is 0 Å². The number of rotatable bonds is 7. The van der Waals surface area contributed by atoms with Crippen LogP contribution in [0.1, 0.15) is 48.0 Å². The average Bonchev–Trinajstić information content (AvgIpc) is 2.52. The van der Waals surface area contributed by atoms with E-state index in [-0.39, 0.29) is 23.5 Å². The Labute approximate surface area is 141 Å². The van der Waals surface area contributed by atoms with Crippen molar-refractivity contribution in [2.45, 2.75) is 54.0 Å². The van der Waals surface area contributed by atoms with Crippen LogP contribution < -0.4 is 10.6 Å². The summed E-state index contributed by atoms with van der Waals surface area (Å²) in [6, 6.07) is 0.186. The summed E-state index contributed by atoms with van der Waals surface area (Å²) in [5.41, 5.74) is -0.000643. The van der Waals surface area contributed by atoms with Gasteiger partial charge in [0.05, 0.1) is 0 Å². The van der Waals surface area contributed by atoms with Crippen LogP contribution in [0.2, 0.25) is 0 Å². The van der Waals surface area contributed by atoms with Crippen LogP contribution in [0.25, 0.3) is 0 Å². The van der Waals surface area contributed by atoms with E-state index in [1.54, 1.807) is 9.80 Å². The first kappa shape index (κ1) is 19.6. The van der Waals surface area contributed by atoms with E-state index in [1.807, 2.05) is 27.7 Å². The van der Waals surface area contributed by atoms with Crippen LogP contribution in [-0.2, 0) is 0 Å². The molecule has 4 amide bonds. The standard InChI is InChI=1S/C17H34N4O2/c1-7-20(8-2)15(22)18-12-13-11-14(17(13,5)6)19-16(23)21(9-3)10-4/h13-14H,7-12H2,1-6H3,(H,18,22)(H,19,23). The van der Waals surface area contributed by atoms with Gasteiger partial charge in [-0.2, -0.15) is 0 Å². The molecule has 1 aliphatic carbocycles. The molecule has 0 spiro atoms. The monoisotopic (exact) mass is 326 g/mol. The topological polar surface area (TPSA) is 64.7 Å². The van der Waals surface area contributed by atoms with Crippen LogP contribution in [-0.4, -0.2) is 60.6 Å². The van der Waals surface area contributed by atoms with Gasteiger partial charge in [-0.3, -0.25) is 0 Å². The number of hydrogen-bond donors (Lipinski definition) is 2. The highest BCUT2D eigenvalue weighted by Gasteiger charge is 2.48. The van der Waals surface area contributed by atoms with Gasteiger partial charge in [-0.1, -0.05) is 13.8 Å². The van der Waals surface area contributed by atoms with E-state index in [0.29, 0.717) is 12.5 Å². The minimum absolute atomic E-state index is 0.000643. The van der Waals surface area contributed by atoms with E-state index in [1.165, 1.54) is 0 Å². The molecule has 2 N–H and O–H groups in total. The van der Waals surface area contributed by atoms with Crippen molar-refractivity contribution in [3.63, 3.8) is 0 Å². The maximum Gasteiger partial charge on any atom is 0.317 e. The fourth-order valence-corrected chi connectivity index (χ4v) is 3.19. The fourth-order valence-electron chi connectivity index (χ4n) is 3.19. The molecular weight excluding hydrogens is 292 g/mol. The van der Waals surface area contributed by atoms with Gasteiger partial charge in [0.1, 0.15) is 0 Å². The molecule has 2 unspecified atom stereocenters. The first-order valence-electron chi connectivity index (χ1n) is 8.89. The smallest absolute Gasteiger partial charge is 0.317 e. The highest BCUT2D eigenvalue weighted by molar-refractivity contribution is 5.75. The molecular formula is C17H34N4O2. The summed E-state index contributed by atoms with van der Waals surface area (Å²) in [7, 11) is 0. The van der Waals surface area contributed by atoms with Gasteiger partial charge in [0.2, 0.25) is 0 Å². The van der Waals surface area contributed by atoms with Crippen molar-refractivity contribution in [3.8, 4) is 0 Å². The maximum absolute atomic E-state index is 12.2. The second kappa shape index (κ2) is 8.41. The number of carbonyl (C=O) groups excluding carboxylic acids is 2. The van der Waals surface area contributed by atoms with Crippen LogP contribution in [0.3, 0.4) is 0 Å². The zero-order chi connectivity index (χ0) is 17.6. The van der Waals surface area contributed by atoms with E-state index in [9.17, 15) is 9.59 Å². The highest BCUT2D eigenvalue weighted by atomic mass is 16.2. The molecule has 0 aromatic rings. The van der Waals surface area contributed by atoms with Gasteiger partial charge in [0.15, 0.2) is 0 Å². The molecule has 1 saturated carbocycles. The lowest BCUT2D eigenvalue weighted by Gasteiger charge is -2.52. The second-order valence-corrected chi connectivity index (χ2v) is 6.79. The second-order valence-electron chi connectivity index (χ2n) is 6.79. The van der Waals surface area contributed by atoms with E-state index >= 15 is 0 Å². The molecule has 1 fully saturated rings. The summed E-state index contributed by atoms with van der Waals surface area (Å²) >= 11 is 0. The van der Waals surface area contributed by atoms with Crippen molar-refractivity contribution >= 4 is 12.1 Å². The summed E-state index contributed by atoms with van der Waals surface area (Å²) in [5.74, 6) is 0.393. The molecule has 0 aliphatic heterocycles. The summed E-state index contributed by atoms with van der Waals surface area (Å²) in [5, 5.41) is 6.16. The normalized spacial score (nSPS) is 22.0. The fraction of sp³-hybridized carbons (Fsp3) is 0.882. The van der Waals surface area contributed by atoms with Gasteiger partial charge >= 0.3 is 12.1 Å². The zero-order valence-electron chi connectivity index (χ0n) is 15.6. The number of carbonyl (C=O) groups is 2. The largest absolute Gasteiger partial charge is 0.338 e. The lowest BCUT2D eigenvalue weighted by atomic mass is 9.58. The summed E-state index contributed by atoms with van der Waals surface area (Å²) < 4.78 is 0. The van der Waals surface area contributed by atoms with Crippen LogP contribution in [0.15, 0.2) is 0 Å². The van der Waals surface area contributed by atoms with E-state index in [0.717, 1.165) is 32.6 Å². The van der Waals surface area contributed by atoms with Crippen LogP contribution in [0.5, 0.6) is 0 Å². The Kier molecular flexibility index (Phi) is 7.16. The van der Waals surface area contributed by atoms with Crippen LogP contribution in [0, 0.1) is 11.3 Å². The molecule has 134 valence electrons. The molecule has 0 saturated heterocycles. The van der Waals surface area contributed by atoms with Crippen LogP contribution in [0.4, 0.5) is 9.59 Å². The average molecular weight is 326 g/mol. The quantitative estimate of drug-likeness (QED) is 0.755. The summed E-state index contributed by atoms with van der Waals surface area (Å²) in [6.45, 7) is 15.8. The SMILES string of the molecule is CCN(CC)C(=O)NCC1CC(NC(=O)N(CC)CC)C1(C)C. The summed E-state index contributed by atoms with van der Waals surface area (Å²) in [6.07, 6.45) is 0.915. The molecule has 6 nitrogen and oxygen atoms in total. The molecule has 6 heteroatoms. The number of urea groups is 2. The van der Waals surface area contributed by atoms with Gasteiger partial charge in [-0.15, -0.1) is 0 Å². The van der Waals surface area contributed by atoms with E-state index in [4.69, 9.17) is 0 Å². The number of amides is 4. The van der Waals surface area contributed by atoms with E-state index in [2.05, 4.69) is 24.5 Å². The third-order valence-electron chi connectivity index (χ3n) is 5.37. The Morgan fingerprint density at radius 1 is 0.957 bits per heavy atom. The number of hydrogen-bond acceptors (Lipinski definition) is 2. The Hall–Kier alpha value is -1.46. The lowest BCUT2D eigenvalue weighted by Crippen LogP contribution is -2.62. The summed E-state index contributed by atoms with van der Waals surface area (Å²) in [4.78, 5) is 27.8. The molecule has 0 bridgehead atoms. The molecule has 0 radical (unpaired) electrons. The van der Waals surface area contributed by atoms with Gasteiger partial charge in [-0.05, 0) is 45.4 Å². The molecule has 2 atom stereocenters. The van der Waals surface area contributed by atoms with Crippen molar-refractivity contribution in [2.75, 3.05) is 32.7 Å². The van der Waals surface area contributed by atoms with Crippen molar-refractivity contribution in [1.82, 2.24) is 20.4 Å². The van der Waals surface area contributed by atoms with E-state index < -0.39 is 0 Å². The molecule has 1 aliphatic rings. The minimum atomic E-state index is -0.000643. The zero-order valence-corrected chi connectivity index (χ0v) is 15.6. The number of nitrogens with one attached hydrogen (secondary N) is 2. The molecule has 1 rings (SSSR count). The lowest BCUT2D eigenvalue weighted by molar-refractivity contribution is 0.0193. The third kappa shape index (κ3) is 4.52. The molecule has 0 aromatic carbocycles. The van der Waals surface area contributed by atoms with Crippen molar-refractivity contribution in [3.05, 3.63) is 0 Å². The van der Waals surface area contributed by atoms with Crippen molar-refractivity contribution < 1.29 is 9.59 Å². The van der Waals surface area contributed by atoms with Gasteiger partial charge in [0, 0.05) is 38.8 Å². The van der Waals surface area contributed by atoms with Crippen molar-refractivity contribution in [2.24, 2.45) is 11.3 Å². The first-order valence-corrected chi connectivity index (χ1v) is 8.89. The van der Waals surface area contributed by atoms with Crippen molar-refractivity contribution in [1.29, 1.82) is 0 Å². The Balaban J connectivity index is 2.46. The number of nitrogens with zero attached hydrogens (tertiary/aromatic N) is 2. The Morgan fingerprint density at radius 2 is 1.43 bits per heavy atom. The highest BCUT2D eigenvalue weighted by Crippen LogP contribution is 2.45. The van der Waals surface area contributed by atoms with Gasteiger partial charge in [-0.25, -0.2) is 9.59 Å². The first-order chi connectivity index (χ1) is 10.8. The Morgan fingerprint density at radius 3 is 1.87 bits per heavy atom. The van der Waals surface area contributed by atoms with Gasteiger partial charge < -0.3 is 20.4 Å². The maximum atomic E-state index is 12.2. The predicted octanol–water partition coefficient (Wildman–Crippen LogP) is 2.50. The van der Waals surface area contributed by atoms with Gasteiger partial charge in [0.25, 0.3) is 0 Å². The predicted molar refractivity (Wildman–Crippen MR) is 93.4 cm³/mol. The third-order valence-corrected chi connectivity index (χ3v) is 5.37.